The first kappa shape index (κ1) is 14.5. The van der Waals surface area contributed by atoms with Gasteiger partial charge in [-0.1, -0.05) is 13.3 Å². The summed E-state index contributed by atoms with van der Waals surface area (Å²) in [6.45, 7) is 6.05. The first-order valence-corrected chi connectivity index (χ1v) is 6.30. The molecule has 1 atom stereocenters. The van der Waals surface area contributed by atoms with Crippen molar-refractivity contribution >= 4 is 11.6 Å². The van der Waals surface area contributed by atoms with Crippen molar-refractivity contribution in [2.75, 3.05) is 11.9 Å². The molecule has 1 aromatic rings. The summed E-state index contributed by atoms with van der Waals surface area (Å²) in [5.74, 6) is 0.0467. The molecule has 0 aliphatic rings. The summed E-state index contributed by atoms with van der Waals surface area (Å²) in [6, 6.07) is 3.43. The molecule has 0 heterocycles. The number of phenolic OH excluding ortho intramolecular Hbond substituents is 1. The first-order chi connectivity index (χ1) is 8.49. The van der Waals surface area contributed by atoms with Gasteiger partial charge in [0.15, 0.2) is 0 Å². The molecule has 1 amide bonds. The minimum Gasteiger partial charge on any atom is -0.508 e. The lowest BCUT2D eigenvalue weighted by molar-refractivity contribution is -0.119. The number of aryl methyl sites for hydroxylation is 2. The van der Waals surface area contributed by atoms with Gasteiger partial charge in [0, 0.05) is 12.2 Å². The number of hydrogen-bond acceptors (Lipinski definition) is 3. The molecule has 0 saturated heterocycles. The number of phenols is 1. The lowest BCUT2D eigenvalue weighted by Crippen LogP contribution is -2.29. The Morgan fingerprint density at radius 3 is 2.61 bits per heavy atom. The second-order valence-electron chi connectivity index (χ2n) is 4.66. The molecule has 1 aromatic carbocycles. The van der Waals surface area contributed by atoms with Gasteiger partial charge in [-0.3, -0.25) is 4.79 Å². The Hall–Kier alpha value is -1.55. The van der Waals surface area contributed by atoms with Crippen LogP contribution in [0.2, 0.25) is 0 Å². The van der Waals surface area contributed by atoms with Gasteiger partial charge >= 0.3 is 0 Å². The van der Waals surface area contributed by atoms with Gasteiger partial charge in [0.25, 0.3) is 0 Å². The quantitative estimate of drug-likeness (QED) is 0.702. The molecule has 0 fully saturated rings. The van der Waals surface area contributed by atoms with Gasteiger partial charge in [0.2, 0.25) is 5.91 Å². The molecule has 4 nitrogen and oxygen atoms in total. The number of nitrogens with two attached hydrogens (primary N) is 1. The SMILES string of the molecule is CCCC(CN)C(=O)Nc1cc(C)c(O)cc1C. The topological polar surface area (TPSA) is 75.4 Å². The Morgan fingerprint density at radius 1 is 1.39 bits per heavy atom. The molecule has 1 rings (SSSR count). The third-order valence-corrected chi connectivity index (χ3v) is 3.09. The fourth-order valence-corrected chi connectivity index (χ4v) is 1.87. The van der Waals surface area contributed by atoms with Gasteiger partial charge in [-0.15, -0.1) is 0 Å². The van der Waals surface area contributed by atoms with E-state index < -0.39 is 0 Å². The third kappa shape index (κ3) is 3.47. The van der Waals surface area contributed by atoms with Gasteiger partial charge in [-0.2, -0.15) is 0 Å². The van der Waals surface area contributed by atoms with Gasteiger partial charge in [0.1, 0.15) is 5.75 Å². The van der Waals surface area contributed by atoms with Crippen molar-refractivity contribution in [2.45, 2.75) is 33.6 Å². The van der Waals surface area contributed by atoms with Gasteiger partial charge in [-0.05, 0) is 43.5 Å². The molecule has 0 aliphatic heterocycles. The number of carbonyl (C=O) groups is 1. The van der Waals surface area contributed by atoms with E-state index in [-0.39, 0.29) is 17.6 Å². The van der Waals surface area contributed by atoms with E-state index >= 15 is 0 Å². The normalized spacial score (nSPS) is 12.2. The number of nitrogens with one attached hydrogen (secondary N) is 1. The first-order valence-electron chi connectivity index (χ1n) is 6.30. The van der Waals surface area contributed by atoms with Crippen molar-refractivity contribution in [3.8, 4) is 5.75 Å². The molecule has 1 unspecified atom stereocenters. The Kier molecular flexibility index (Phi) is 5.16. The van der Waals surface area contributed by atoms with Crippen LogP contribution in [0.3, 0.4) is 0 Å². The molecule has 0 spiro atoms. The van der Waals surface area contributed by atoms with Crippen LogP contribution in [0.25, 0.3) is 0 Å². The summed E-state index contributed by atoms with van der Waals surface area (Å²) in [5, 5.41) is 12.4. The Labute approximate surface area is 108 Å². The maximum absolute atomic E-state index is 12.0. The van der Waals surface area contributed by atoms with Crippen LogP contribution in [-0.2, 0) is 4.79 Å². The Balaban J connectivity index is 2.84. The van der Waals surface area contributed by atoms with E-state index in [1.54, 1.807) is 19.1 Å². The smallest absolute Gasteiger partial charge is 0.228 e. The highest BCUT2D eigenvalue weighted by Gasteiger charge is 2.16. The van der Waals surface area contributed by atoms with Crippen LogP contribution >= 0.6 is 0 Å². The number of aromatic hydroxyl groups is 1. The van der Waals surface area contributed by atoms with Crippen molar-refractivity contribution < 1.29 is 9.90 Å². The van der Waals surface area contributed by atoms with E-state index in [1.165, 1.54) is 0 Å². The van der Waals surface area contributed by atoms with E-state index in [1.807, 2.05) is 13.8 Å². The highest BCUT2D eigenvalue weighted by Crippen LogP contribution is 2.25. The molecule has 18 heavy (non-hydrogen) atoms. The molecule has 0 aromatic heterocycles. The molecule has 0 saturated carbocycles. The predicted molar refractivity (Wildman–Crippen MR) is 73.7 cm³/mol. The fourth-order valence-electron chi connectivity index (χ4n) is 1.87. The summed E-state index contributed by atoms with van der Waals surface area (Å²) in [7, 11) is 0. The summed E-state index contributed by atoms with van der Waals surface area (Å²) >= 11 is 0. The molecule has 4 N–H and O–H groups in total. The van der Waals surface area contributed by atoms with E-state index in [9.17, 15) is 9.90 Å². The van der Waals surface area contributed by atoms with E-state index in [4.69, 9.17) is 5.73 Å². The highest BCUT2D eigenvalue weighted by atomic mass is 16.3. The fraction of sp³-hybridized carbons (Fsp3) is 0.500. The van der Waals surface area contributed by atoms with Crippen LogP contribution in [0.15, 0.2) is 12.1 Å². The van der Waals surface area contributed by atoms with E-state index in [2.05, 4.69) is 5.32 Å². The number of carbonyl (C=O) groups excluding carboxylic acids is 1. The minimum absolute atomic E-state index is 0.0486. The lowest BCUT2D eigenvalue weighted by atomic mass is 10.0. The van der Waals surface area contributed by atoms with Crippen LogP contribution in [0.1, 0.15) is 30.9 Å². The average Bonchev–Trinajstić information content (AvgIpc) is 2.32. The van der Waals surface area contributed by atoms with Crippen LogP contribution in [0.4, 0.5) is 5.69 Å². The van der Waals surface area contributed by atoms with Gasteiger partial charge < -0.3 is 16.2 Å². The van der Waals surface area contributed by atoms with Crippen LogP contribution in [0, 0.1) is 19.8 Å². The molecule has 0 radical (unpaired) electrons. The molecule has 100 valence electrons. The van der Waals surface area contributed by atoms with Crippen LogP contribution in [0.5, 0.6) is 5.75 Å². The second kappa shape index (κ2) is 6.40. The van der Waals surface area contributed by atoms with Gasteiger partial charge in [-0.25, -0.2) is 0 Å². The summed E-state index contributed by atoms with van der Waals surface area (Å²) in [6.07, 6.45) is 1.72. The summed E-state index contributed by atoms with van der Waals surface area (Å²) < 4.78 is 0. The number of hydrogen-bond donors (Lipinski definition) is 3. The predicted octanol–water partition coefficient (Wildman–Crippen LogP) is 2.32. The molecular formula is C14H22N2O2. The number of amides is 1. The number of rotatable bonds is 5. The van der Waals surface area contributed by atoms with Crippen molar-refractivity contribution in [2.24, 2.45) is 11.7 Å². The van der Waals surface area contributed by atoms with E-state index in [0.717, 1.165) is 29.7 Å². The van der Waals surface area contributed by atoms with E-state index in [0.29, 0.717) is 6.54 Å². The molecule has 0 bridgehead atoms. The van der Waals surface area contributed by atoms with Crippen molar-refractivity contribution in [1.29, 1.82) is 0 Å². The molecule has 0 aliphatic carbocycles. The number of anilines is 1. The maximum atomic E-state index is 12.0. The zero-order valence-corrected chi connectivity index (χ0v) is 11.3. The van der Waals surface area contributed by atoms with Gasteiger partial charge in [0.05, 0.1) is 5.92 Å². The Morgan fingerprint density at radius 2 is 2.06 bits per heavy atom. The van der Waals surface area contributed by atoms with Crippen LogP contribution < -0.4 is 11.1 Å². The largest absolute Gasteiger partial charge is 0.508 e. The Bertz CT molecular complexity index is 430. The molecular weight excluding hydrogens is 228 g/mol. The minimum atomic E-state index is -0.150. The zero-order valence-electron chi connectivity index (χ0n) is 11.3. The standard InChI is InChI=1S/C14H22N2O2/c1-4-5-11(8-15)14(18)16-12-6-10(3)13(17)7-9(12)2/h6-7,11,17H,4-5,8,15H2,1-3H3,(H,16,18). The molecule has 4 heteroatoms. The van der Waals surface area contributed by atoms with Crippen molar-refractivity contribution in [3.05, 3.63) is 23.3 Å². The monoisotopic (exact) mass is 250 g/mol. The second-order valence-corrected chi connectivity index (χ2v) is 4.66. The highest BCUT2D eigenvalue weighted by molar-refractivity contribution is 5.93. The number of benzene rings is 1. The van der Waals surface area contributed by atoms with Crippen molar-refractivity contribution in [3.63, 3.8) is 0 Å². The summed E-state index contributed by atoms with van der Waals surface area (Å²) in [4.78, 5) is 12.0. The third-order valence-electron chi connectivity index (χ3n) is 3.09. The lowest BCUT2D eigenvalue weighted by Gasteiger charge is -2.16. The average molecular weight is 250 g/mol. The maximum Gasteiger partial charge on any atom is 0.228 e. The summed E-state index contributed by atoms with van der Waals surface area (Å²) in [5.41, 5.74) is 7.94. The van der Waals surface area contributed by atoms with Crippen molar-refractivity contribution in [1.82, 2.24) is 0 Å². The van der Waals surface area contributed by atoms with Crippen LogP contribution in [-0.4, -0.2) is 17.6 Å². The zero-order chi connectivity index (χ0) is 13.7.